The van der Waals surface area contributed by atoms with Gasteiger partial charge in [-0.3, -0.25) is 4.79 Å². The van der Waals surface area contributed by atoms with E-state index in [9.17, 15) is 31.1 Å². The van der Waals surface area contributed by atoms with Crippen molar-refractivity contribution < 1.29 is 31.1 Å². The number of piperidine rings is 1. The van der Waals surface area contributed by atoms with Gasteiger partial charge in [-0.05, 0) is 24.5 Å². The van der Waals surface area contributed by atoms with E-state index < -0.39 is 40.8 Å². The van der Waals surface area contributed by atoms with Crippen LogP contribution in [0.3, 0.4) is 0 Å². The van der Waals surface area contributed by atoms with E-state index in [1.165, 1.54) is 0 Å². The third-order valence-electron chi connectivity index (χ3n) is 3.25. The van der Waals surface area contributed by atoms with Gasteiger partial charge < -0.3 is 4.90 Å². The molecule has 2 rings (SSSR count). The molecular formula is C13H9F6NO. The molecule has 114 valence electrons. The Hall–Kier alpha value is -1.99. The van der Waals surface area contributed by atoms with Gasteiger partial charge in [0.2, 0.25) is 0 Å². The third-order valence-corrected chi connectivity index (χ3v) is 3.25. The Balaban J connectivity index is 2.25. The average molecular weight is 309 g/mol. The second-order valence-corrected chi connectivity index (χ2v) is 4.50. The van der Waals surface area contributed by atoms with Crippen LogP contribution in [-0.2, 0) is 0 Å². The zero-order chi connectivity index (χ0) is 15.7. The summed E-state index contributed by atoms with van der Waals surface area (Å²) in [7, 11) is 0. The highest BCUT2D eigenvalue weighted by molar-refractivity contribution is 5.94. The standard InChI is InChI=1S/C13H9F6NO/c14-8-5-7(9(15)11(17)10(8)16)13(21)20-3-1-6(2-4-20)12(18)19/h5H,1-4H2. The van der Waals surface area contributed by atoms with Crippen molar-refractivity contribution >= 4 is 5.91 Å². The molecule has 1 aromatic carbocycles. The Kier molecular flexibility index (Phi) is 4.24. The minimum Gasteiger partial charge on any atom is -0.338 e. The minimum absolute atomic E-state index is 0.109. The molecule has 0 N–H and O–H groups in total. The zero-order valence-corrected chi connectivity index (χ0v) is 10.5. The molecule has 1 saturated heterocycles. The van der Waals surface area contributed by atoms with Gasteiger partial charge in [-0.1, -0.05) is 0 Å². The first kappa shape index (κ1) is 15.4. The van der Waals surface area contributed by atoms with E-state index in [0.717, 1.165) is 4.90 Å². The summed E-state index contributed by atoms with van der Waals surface area (Å²) < 4.78 is 77.2. The highest BCUT2D eigenvalue weighted by Gasteiger charge is 2.28. The second kappa shape index (κ2) is 5.79. The largest absolute Gasteiger partial charge is 0.338 e. The van der Waals surface area contributed by atoms with Gasteiger partial charge >= 0.3 is 0 Å². The molecule has 0 unspecified atom stereocenters. The molecule has 0 saturated carbocycles. The number of benzene rings is 1. The Morgan fingerprint density at radius 1 is 0.952 bits per heavy atom. The molecule has 1 aliphatic rings. The zero-order valence-electron chi connectivity index (χ0n) is 10.5. The smallest absolute Gasteiger partial charge is 0.269 e. The van der Waals surface area contributed by atoms with E-state index in [0.29, 0.717) is 0 Å². The molecular weight excluding hydrogens is 300 g/mol. The summed E-state index contributed by atoms with van der Waals surface area (Å²) >= 11 is 0. The summed E-state index contributed by atoms with van der Waals surface area (Å²) in [5.41, 5.74) is -1.07. The highest BCUT2D eigenvalue weighted by atomic mass is 19.3. The van der Waals surface area contributed by atoms with Gasteiger partial charge in [0.1, 0.15) is 0 Å². The fourth-order valence-corrected chi connectivity index (χ4v) is 2.07. The van der Waals surface area contributed by atoms with Crippen LogP contribution in [0.4, 0.5) is 26.3 Å². The summed E-state index contributed by atoms with van der Waals surface area (Å²) in [4.78, 5) is 12.9. The van der Waals surface area contributed by atoms with Crippen molar-refractivity contribution in [1.82, 2.24) is 4.90 Å². The number of carbonyl (C=O) groups is 1. The Morgan fingerprint density at radius 3 is 2.05 bits per heavy atom. The lowest BCUT2D eigenvalue weighted by Crippen LogP contribution is -2.37. The Bertz CT molecular complexity index is 614. The molecule has 0 aliphatic carbocycles. The number of carbonyl (C=O) groups excluding carboxylic acids is 1. The Morgan fingerprint density at radius 2 is 1.52 bits per heavy atom. The molecule has 1 aromatic rings. The molecule has 2 nitrogen and oxygen atoms in total. The van der Waals surface area contributed by atoms with Crippen molar-refractivity contribution in [3.8, 4) is 0 Å². The lowest BCUT2D eigenvalue weighted by molar-refractivity contribution is 0.0733. The van der Waals surface area contributed by atoms with Crippen molar-refractivity contribution in [3.05, 3.63) is 46.6 Å². The molecule has 0 bridgehead atoms. The molecule has 1 heterocycles. The maximum atomic E-state index is 13.5. The fraction of sp³-hybridized carbons (Fsp3) is 0.308. The third kappa shape index (κ3) is 2.88. The quantitative estimate of drug-likeness (QED) is 0.441. The van der Waals surface area contributed by atoms with Gasteiger partial charge in [0.05, 0.1) is 5.56 Å². The van der Waals surface area contributed by atoms with Gasteiger partial charge in [-0.25, -0.2) is 17.6 Å². The molecule has 0 spiro atoms. The molecule has 8 heteroatoms. The SMILES string of the molecule is O=C(c1cc(F)c(F)c(F)c1F)N1CCC(=C(F)F)CC1. The van der Waals surface area contributed by atoms with Gasteiger partial charge in [0.25, 0.3) is 12.0 Å². The van der Waals surface area contributed by atoms with Crippen LogP contribution in [0, 0.1) is 23.3 Å². The first-order chi connectivity index (χ1) is 9.82. The number of amides is 1. The number of hydrogen-bond acceptors (Lipinski definition) is 1. The lowest BCUT2D eigenvalue weighted by Gasteiger charge is -2.28. The fourth-order valence-electron chi connectivity index (χ4n) is 2.07. The summed E-state index contributed by atoms with van der Waals surface area (Å²) in [6, 6.07) is 0.261. The molecule has 1 aliphatic heterocycles. The predicted octanol–water partition coefficient (Wildman–Crippen LogP) is 3.63. The van der Waals surface area contributed by atoms with E-state index in [2.05, 4.69) is 0 Å². The van der Waals surface area contributed by atoms with Crippen LogP contribution >= 0.6 is 0 Å². The van der Waals surface area contributed by atoms with E-state index in [1.807, 2.05) is 0 Å². The van der Waals surface area contributed by atoms with Crippen LogP contribution in [0.2, 0.25) is 0 Å². The molecule has 21 heavy (non-hydrogen) atoms. The van der Waals surface area contributed by atoms with E-state index in [1.54, 1.807) is 0 Å². The molecule has 1 amide bonds. The van der Waals surface area contributed by atoms with Crippen LogP contribution in [0.25, 0.3) is 0 Å². The summed E-state index contributed by atoms with van der Waals surface area (Å²) in [6.45, 7) is -0.267. The van der Waals surface area contributed by atoms with Crippen LogP contribution in [0.1, 0.15) is 23.2 Å². The molecule has 1 fully saturated rings. The number of halogens is 6. The van der Waals surface area contributed by atoms with Crippen LogP contribution < -0.4 is 0 Å². The lowest BCUT2D eigenvalue weighted by atomic mass is 10.0. The van der Waals surface area contributed by atoms with Gasteiger partial charge in [0, 0.05) is 13.1 Å². The van der Waals surface area contributed by atoms with Crippen molar-refractivity contribution in [1.29, 1.82) is 0 Å². The number of hydrogen-bond donors (Lipinski definition) is 0. The maximum absolute atomic E-state index is 13.5. The van der Waals surface area contributed by atoms with E-state index in [-0.39, 0.29) is 37.6 Å². The summed E-state index contributed by atoms with van der Waals surface area (Å²) in [5, 5.41) is 0. The van der Waals surface area contributed by atoms with Crippen molar-refractivity contribution in [2.24, 2.45) is 0 Å². The molecule has 0 atom stereocenters. The van der Waals surface area contributed by atoms with Crippen molar-refractivity contribution in [3.63, 3.8) is 0 Å². The average Bonchev–Trinajstić information content (AvgIpc) is 2.48. The van der Waals surface area contributed by atoms with Crippen LogP contribution in [0.5, 0.6) is 0 Å². The van der Waals surface area contributed by atoms with Gasteiger partial charge in [-0.15, -0.1) is 0 Å². The Labute approximate surface area is 115 Å². The number of likely N-dealkylation sites (tertiary alicyclic amines) is 1. The summed E-state index contributed by atoms with van der Waals surface area (Å²) in [6.07, 6.45) is -2.05. The normalized spacial score (nSPS) is 15.3. The van der Waals surface area contributed by atoms with Crippen LogP contribution in [-0.4, -0.2) is 23.9 Å². The van der Waals surface area contributed by atoms with Crippen molar-refractivity contribution in [2.75, 3.05) is 13.1 Å². The van der Waals surface area contributed by atoms with E-state index >= 15 is 0 Å². The van der Waals surface area contributed by atoms with Gasteiger partial charge in [0.15, 0.2) is 23.3 Å². The first-order valence-corrected chi connectivity index (χ1v) is 5.98. The molecule has 0 aromatic heterocycles. The van der Waals surface area contributed by atoms with Crippen molar-refractivity contribution in [2.45, 2.75) is 12.8 Å². The highest BCUT2D eigenvalue weighted by Crippen LogP contribution is 2.25. The number of nitrogens with zero attached hydrogens (tertiary/aromatic N) is 1. The maximum Gasteiger partial charge on any atom is 0.269 e. The first-order valence-electron chi connectivity index (χ1n) is 5.98. The molecule has 0 radical (unpaired) electrons. The predicted molar refractivity (Wildman–Crippen MR) is 60.7 cm³/mol. The number of rotatable bonds is 1. The monoisotopic (exact) mass is 309 g/mol. The van der Waals surface area contributed by atoms with Gasteiger partial charge in [-0.2, -0.15) is 8.78 Å². The van der Waals surface area contributed by atoms with E-state index in [4.69, 9.17) is 0 Å². The summed E-state index contributed by atoms with van der Waals surface area (Å²) in [5.74, 6) is -8.64. The van der Waals surface area contributed by atoms with Crippen LogP contribution in [0.15, 0.2) is 17.7 Å². The topological polar surface area (TPSA) is 20.3 Å². The second-order valence-electron chi connectivity index (χ2n) is 4.50. The minimum atomic E-state index is -2.08.